The Kier molecular flexibility index (Phi) is 2.48. The Morgan fingerprint density at radius 1 is 1.58 bits per heavy atom. The minimum absolute atomic E-state index is 0.0692. The molecule has 0 aliphatic heterocycles. The molecule has 3 nitrogen and oxygen atoms in total. The summed E-state index contributed by atoms with van der Waals surface area (Å²) < 4.78 is 0. The van der Waals surface area contributed by atoms with Crippen LogP contribution in [0.1, 0.15) is 5.56 Å². The third kappa shape index (κ3) is 1.64. The number of carbonyl (C=O) groups excluding carboxylic acids is 1. The van der Waals surface area contributed by atoms with Crippen molar-refractivity contribution in [2.45, 2.75) is 6.92 Å². The smallest absolute Gasteiger partial charge is 0.240 e. The van der Waals surface area contributed by atoms with Crippen LogP contribution in [0.3, 0.4) is 0 Å². The SMILES string of the molecule is Cc1cc(O)c(N=C=O)cc1Cl. The number of phenolic OH excluding ortho intramolecular Hbond substituents is 1. The number of halogens is 1. The number of hydrogen-bond donors (Lipinski definition) is 1. The van der Waals surface area contributed by atoms with Crippen molar-refractivity contribution in [3.63, 3.8) is 0 Å². The van der Waals surface area contributed by atoms with E-state index in [4.69, 9.17) is 11.6 Å². The fourth-order valence-electron chi connectivity index (χ4n) is 0.794. The van der Waals surface area contributed by atoms with Crippen LogP contribution in [-0.2, 0) is 4.79 Å². The van der Waals surface area contributed by atoms with Crippen LogP contribution in [-0.4, -0.2) is 11.2 Å². The highest BCUT2D eigenvalue weighted by molar-refractivity contribution is 6.31. The molecule has 1 aromatic carbocycles. The van der Waals surface area contributed by atoms with E-state index in [0.717, 1.165) is 5.56 Å². The maximum absolute atomic E-state index is 9.88. The Balaban J connectivity index is 3.32. The molecule has 0 aliphatic carbocycles. The van der Waals surface area contributed by atoms with Gasteiger partial charge in [-0.2, -0.15) is 4.99 Å². The van der Waals surface area contributed by atoms with Crippen molar-refractivity contribution in [3.8, 4) is 5.75 Å². The van der Waals surface area contributed by atoms with Crippen molar-refractivity contribution in [2.24, 2.45) is 4.99 Å². The maximum atomic E-state index is 9.88. The molecule has 0 saturated carbocycles. The topological polar surface area (TPSA) is 49.7 Å². The molecule has 0 aliphatic rings. The first-order valence-corrected chi connectivity index (χ1v) is 3.60. The summed E-state index contributed by atoms with van der Waals surface area (Å²) in [6.07, 6.45) is 1.33. The Bertz CT molecular complexity index is 356. The van der Waals surface area contributed by atoms with Crippen LogP contribution in [0.2, 0.25) is 5.02 Å². The first-order chi connectivity index (χ1) is 5.65. The highest BCUT2D eigenvalue weighted by atomic mass is 35.5. The van der Waals surface area contributed by atoms with Crippen molar-refractivity contribution in [3.05, 3.63) is 22.7 Å². The lowest BCUT2D eigenvalue weighted by molar-refractivity contribution is 0.476. The monoisotopic (exact) mass is 183 g/mol. The Morgan fingerprint density at radius 3 is 2.83 bits per heavy atom. The molecular weight excluding hydrogens is 178 g/mol. The zero-order valence-electron chi connectivity index (χ0n) is 6.34. The van der Waals surface area contributed by atoms with Crippen molar-refractivity contribution in [1.29, 1.82) is 0 Å². The van der Waals surface area contributed by atoms with Gasteiger partial charge in [-0.3, -0.25) is 0 Å². The molecule has 0 radical (unpaired) electrons. The number of aliphatic imine (C=N–C) groups is 1. The van der Waals surface area contributed by atoms with Gasteiger partial charge in [0, 0.05) is 5.02 Å². The van der Waals surface area contributed by atoms with E-state index >= 15 is 0 Å². The summed E-state index contributed by atoms with van der Waals surface area (Å²) in [5.74, 6) is -0.0692. The molecule has 12 heavy (non-hydrogen) atoms. The van der Waals surface area contributed by atoms with Crippen LogP contribution in [0.5, 0.6) is 5.75 Å². The fraction of sp³-hybridized carbons (Fsp3) is 0.125. The summed E-state index contributed by atoms with van der Waals surface area (Å²) in [5.41, 5.74) is 0.875. The summed E-state index contributed by atoms with van der Waals surface area (Å²) in [4.78, 5) is 13.1. The van der Waals surface area contributed by atoms with Gasteiger partial charge in [0.15, 0.2) is 0 Å². The van der Waals surface area contributed by atoms with Gasteiger partial charge in [-0.25, -0.2) is 4.79 Å². The van der Waals surface area contributed by atoms with Gasteiger partial charge < -0.3 is 5.11 Å². The van der Waals surface area contributed by atoms with E-state index in [1.807, 2.05) is 0 Å². The highest BCUT2D eigenvalue weighted by Crippen LogP contribution is 2.31. The lowest BCUT2D eigenvalue weighted by atomic mass is 10.2. The minimum atomic E-state index is -0.0692. The third-order valence-corrected chi connectivity index (χ3v) is 1.83. The number of aromatic hydroxyl groups is 1. The van der Waals surface area contributed by atoms with Crippen molar-refractivity contribution in [2.75, 3.05) is 0 Å². The van der Waals surface area contributed by atoms with E-state index in [0.29, 0.717) is 5.02 Å². The van der Waals surface area contributed by atoms with Gasteiger partial charge in [0.05, 0.1) is 0 Å². The molecule has 4 heteroatoms. The molecule has 0 amide bonds. The van der Waals surface area contributed by atoms with Crippen molar-refractivity contribution in [1.82, 2.24) is 0 Å². The van der Waals surface area contributed by atoms with Gasteiger partial charge >= 0.3 is 0 Å². The zero-order chi connectivity index (χ0) is 9.14. The first-order valence-electron chi connectivity index (χ1n) is 3.22. The standard InChI is InChI=1S/C8H6ClNO2/c1-5-2-8(12)7(10-4-11)3-6(5)9/h2-3,12H,1H3. The highest BCUT2D eigenvalue weighted by Gasteiger charge is 2.03. The van der Waals surface area contributed by atoms with E-state index < -0.39 is 0 Å². The van der Waals surface area contributed by atoms with Gasteiger partial charge in [-0.1, -0.05) is 11.6 Å². The normalized spacial score (nSPS) is 9.17. The molecule has 0 bridgehead atoms. The van der Waals surface area contributed by atoms with Crippen LogP contribution < -0.4 is 0 Å². The van der Waals surface area contributed by atoms with Crippen molar-refractivity contribution >= 4 is 23.4 Å². The molecule has 1 aromatic rings. The van der Waals surface area contributed by atoms with Crippen LogP contribution in [0.4, 0.5) is 5.69 Å². The lowest BCUT2D eigenvalue weighted by Gasteiger charge is -2.00. The maximum Gasteiger partial charge on any atom is 0.240 e. The van der Waals surface area contributed by atoms with Crippen LogP contribution >= 0.6 is 11.6 Å². The average Bonchev–Trinajstić information content (AvgIpc) is 2.01. The predicted molar refractivity (Wildman–Crippen MR) is 45.6 cm³/mol. The number of isocyanates is 1. The van der Waals surface area contributed by atoms with Crippen LogP contribution in [0.25, 0.3) is 0 Å². The largest absolute Gasteiger partial charge is 0.506 e. The second kappa shape index (κ2) is 3.39. The van der Waals surface area contributed by atoms with E-state index in [1.165, 1.54) is 18.2 Å². The van der Waals surface area contributed by atoms with E-state index in [9.17, 15) is 9.90 Å². The number of phenols is 1. The summed E-state index contributed by atoms with van der Waals surface area (Å²) in [5, 5.41) is 9.68. The molecule has 0 unspecified atom stereocenters. The predicted octanol–water partition coefficient (Wildman–Crippen LogP) is 2.32. The van der Waals surface area contributed by atoms with E-state index in [2.05, 4.69) is 4.99 Å². The zero-order valence-corrected chi connectivity index (χ0v) is 7.09. The molecule has 0 aromatic heterocycles. The second-order valence-corrected chi connectivity index (χ2v) is 2.70. The molecule has 0 saturated heterocycles. The number of hydrogen-bond acceptors (Lipinski definition) is 3. The quantitative estimate of drug-likeness (QED) is 0.537. The van der Waals surface area contributed by atoms with E-state index in [1.54, 1.807) is 6.92 Å². The van der Waals surface area contributed by atoms with Gasteiger partial charge in [-0.05, 0) is 24.6 Å². The summed E-state index contributed by atoms with van der Waals surface area (Å²) in [7, 11) is 0. The summed E-state index contributed by atoms with van der Waals surface area (Å²) in [6.45, 7) is 1.75. The molecule has 0 heterocycles. The molecule has 0 atom stereocenters. The number of aryl methyl sites for hydroxylation is 1. The minimum Gasteiger partial charge on any atom is -0.506 e. The lowest BCUT2D eigenvalue weighted by Crippen LogP contribution is -1.75. The number of rotatable bonds is 1. The van der Waals surface area contributed by atoms with Crippen LogP contribution in [0.15, 0.2) is 17.1 Å². The fourth-order valence-corrected chi connectivity index (χ4v) is 0.952. The molecule has 1 N–H and O–H groups in total. The Morgan fingerprint density at radius 2 is 2.25 bits per heavy atom. The molecule has 62 valence electrons. The van der Waals surface area contributed by atoms with Crippen molar-refractivity contribution < 1.29 is 9.90 Å². The second-order valence-electron chi connectivity index (χ2n) is 2.29. The van der Waals surface area contributed by atoms with Gasteiger partial charge in [-0.15, -0.1) is 0 Å². The molecule has 0 spiro atoms. The molecular formula is C8H6ClNO2. The molecule has 0 fully saturated rings. The summed E-state index contributed by atoms with van der Waals surface area (Å²) >= 11 is 5.72. The first kappa shape index (κ1) is 8.78. The number of nitrogens with zero attached hydrogens (tertiary/aromatic N) is 1. The average molecular weight is 184 g/mol. The summed E-state index contributed by atoms with van der Waals surface area (Å²) in [6, 6.07) is 2.86. The Hall–Kier alpha value is -1.31. The van der Waals surface area contributed by atoms with Crippen LogP contribution in [0, 0.1) is 6.92 Å². The van der Waals surface area contributed by atoms with Gasteiger partial charge in [0.1, 0.15) is 11.4 Å². The Labute approximate surface area is 74.3 Å². The molecule has 1 rings (SSSR count). The number of benzene rings is 1. The van der Waals surface area contributed by atoms with Gasteiger partial charge in [0.2, 0.25) is 6.08 Å². The third-order valence-electron chi connectivity index (χ3n) is 1.42. The van der Waals surface area contributed by atoms with E-state index in [-0.39, 0.29) is 11.4 Å². The van der Waals surface area contributed by atoms with Gasteiger partial charge in [0.25, 0.3) is 0 Å².